The van der Waals surface area contributed by atoms with Gasteiger partial charge in [-0.15, -0.1) is 12.4 Å². The summed E-state index contributed by atoms with van der Waals surface area (Å²) in [6.45, 7) is 5.64. The molecule has 3 aliphatic rings. The third-order valence-corrected chi connectivity index (χ3v) is 9.75. The molecule has 4 N–H and O–H groups in total. The number of halogens is 1. The molecule has 0 bridgehead atoms. The molecule has 2 aromatic carbocycles. The normalized spacial score (nSPS) is 24.2. The molecule has 0 aliphatic carbocycles. The molecule has 12 heteroatoms. The van der Waals surface area contributed by atoms with Crippen molar-refractivity contribution < 1.29 is 29.2 Å². The van der Waals surface area contributed by atoms with Crippen LogP contribution in [0.25, 0.3) is 0 Å². The molecular formula is C35H50BClN4O6. The number of nitrogens with one attached hydrogen (secondary N) is 2. The maximum Gasteiger partial charge on any atom is 0.475 e. The summed E-state index contributed by atoms with van der Waals surface area (Å²) >= 11 is 0. The van der Waals surface area contributed by atoms with Crippen molar-refractivity contribution in [3.8, 4) is 0 Å². The van der Waals surface area contributed by atoms with Crippen molar-refractivity contribution in [2.24, 2.45) is 0 Å². The fourth-order valence-electron chi connectivity index (χ4n) is 7.02. The first kappa shape index (κ1) is 36.7. The number of amides is 3. The quantitative estimate of drug-likeness (QED) is 0.349. The van der Waals surface area contributed by atoms with Crippen LogP contribution in [-0.2, 0) is 34.0 Å². The number of rotatable bonds is 5. The minimum atomic E-state index is -1.72. The van der Waals surface area contributed by atoms with E-state index in [0.29, 0.717) is 32.5 Å². The molecule has 10 nitrogen and oxygen atoms in total. The number of fused-ring (bicyclic) bond motifs is 2. The van der Waals surface area contributed by atoms with Gasteiger partial charge in [-0.2, -0.15) is 0 Å². The van der Waals surface area contributed by atoms with Crippen molar-refractivity contribution in [1.82, 2.24) is 20.4 Å². The molecule has 5 rings (SSSR count). The Bertz CT molecular complexity index is 1350. The van der Waals surface area contributed by atoms with Crippen LogP contribution in [0.4, 0.5) is 4.79 Å². The predicted molar refractivity (Wildman–Crippen MR) is 184 cm³/mol. The summed E-state index contributed by atoms with van der Waals surface area (Å²) in [6.07, 6.45) is 6.86. The number of carbonyl (C=O) groups excluding carboxylic acids is 3. The SMILES string of the molecule is Cc1ccc(CNC2CCCCCCCCC[C@H](B(O)O)NC(=O)[C@@H]3C[C@@H](OC(=O)N4Cc5ccccc5C4)CN3C2=O)c(C)c1.Cl. The van der Waals surface area contributed by atoms with E-state index in [1.54, 1.807) is 9.80 Å². The van der Waals surface area contributed by atoms with E-state index < -0.39 is 43.2 Å². The number of ether oxygens (including phenoxy) is 1. The highest BCUT2D eigenvalue weighted by Crippen LogP contribution is 2.27. The summed E-state index contributed by atoms with van der Waals surface area (Å²) in [4.78, 5) is 44.5. The highest BCUT2D eigenvalue weighted by molar-refractivity contribution is 6.43. The van der Waals surface area contributed by atoms with Gasteiger partial charge < -0.3 is 30.3 Å². The molecule has 3 heterocycles. The molecule has 0 spiro atoms. The van der Waals surface area contributed by atoms with Crippen LogP contribution in [0.5, 0.6) is 0 Å². The van der Waals surface area contributed by atoms with Gasteiger partial charge in [0.15, 0.2) is 0 Å². The summed E-state index contributed by atoms with van der Waals surface area (Å²) in [5, 5.41) is 26.5. The van der Waals surface area contributed by atoms with Crippen LogP contribution in [-0.4, -0.2) is 75.5 Å². The van der Waals surface area contributed by atoms with Crippen LogP contribution in [0.2, 0.25) is 0 Å². The van der Waals surface area contributed by atoms with Gasteiger partial charge in [0.2, 0.25) is 11.8 Å². The highest BCUT2D eigenvalue weighted by atomic mass is 35.5. The van der Waals surface area contributed by atoms with Gasteiger partial charge in [-0.05, 0) is 48.9 Å². The lowest BCUT2D eigenvalue weighted by Crippen LogP contribution is -2.56. The van der Waals surface area contributed by atoms with Crippen molar-refractivity contribution in [2.75, 3.05) is 6.54 Å². The zero-order valence-corrected chi connectivity index (χ0v) is 28.5. The van der Waals surface area contributed by atoms with Crippen LogP contribution in [0.15, 0.2) is 42.5 Å². The first-order chi connectivity index (χ1) is 22.2. The monoisotopic (exact) mass is 668 g/mol. The lowest BCUT2D eigenvalue weighted by molar-refractivity contribution is -0.140. The molecule has 2 aromatic rings. The summed E-state index contributed by atoms with van der Waals surface area (Å²) in [7, 11) is -1.72. The lowest BCUT2D eigenvalue weighted by Gasteiger charge is -2.30. The Morgan fingerprint density at radius 1 is 0.957 bits per heavy atom. The number of hydrogen-bond acceptors (Lipinski definition) is 7. The van der Waals surface area contributed by atoms with E-state index >= 15 is 0 Å². The molecule has 4 atom stereocenters. The van der Waals surface area contributed by atoms with Crippen LogP contribution < -0.4 is 10.6 Å². The molecule has 256 valence electrons. The molecule has 0 aromatic heterocycles. The van der Waals surface area contributed by atoms with E-state index in [2.05, 4.69) is 42.7 Å². The summed E-state index contributed by atoms with van der Waals surface area (Å²) < 4.78 is 5.94. The summed E-state index contributed by atoms with van der Waals surface area (Å²) in [5.74, 6) is -1.51. The smallest absolute Gasteiger partial charge is 0.444 e. The van der Waals surface area contributed by atoms with Gasteiger partial charge in [-0.1, -0.05) is 93.0 Å². The Kier molecular flexibility index (Phi) is 13.5. The van der Waals surface area contributed by atoms with Crippen molar-refractivity contribution in [2.45, 2.75) is 122 Å². The number of hydrogen-bond donors (Lipinski definition) is 4. The minimum absolute atomic E-state index is 0. The Hall–Kier alpha value is -3.12. The first-order valence-electron chi connectivity index (χ1n) is 17.0. The second-order valence-electron chi connectivity index (χ2n) is 13.3. The largest absolute Gasteiger partial charge is 0.475 e. The Balaban J connectivity index is 0.00000500. The minimum Gasteiger partial charge on any atom is -0.444 e. The molecule has 47 heavy (non-hydrogen) atoms. The number of benzene rings is 2. The zero-order chi connectivity index (χ0) is 32.6. The van der Waals surface area contributed by atoms with Crippen LogP contribution in [0, 0.1) is 13.8 Å². The maximum atomic E-state index is 14.3. The molecule has 3 amide bonds. The van der Waals surface area contributed by atoms with E-state index in [4.69, 9.17) is 4.74 Å². The standard InChI is InChI=1S/C35H49BN4O6.ClH/c1-24-16-17-26(25(2)18-24)20-37-30-14-8-6-4-3-5-7-9-15-32(36(44)45)38-33(41)31-19-29(23-40(31)34(30)42)46-35(43)39-21-27-12-10-11-13-28(27)22-39;/h10-13,16-18,29-32,37,44-45H,3-9,14-15,19-23H2,1-2H3,(H,38,41);1H/t29-,30?,31+,32-;/m1./s1. The van der Waals surface area contributed by atoms with Gasteiger partial charge >= 0.3 is 13.2 Å². The summed E-state index contributed by atoms with van der Waals surface area (Å²) in [5.41, 5.74) is 5.60. The number of carbonyl (C=O) groups is 3. The van der Waals surface area contributed by atoms with Crippen molar-refractivity contribution in [3.05, 3.63) is 70.3 Å². The van der Waals surface area contributed by atoms with Crippen molar-refractivity contribution in [3.63, 3.8) is 0 Å². The zero-order valence-electron chi connectivity index (χ0n) is 27.7. The van der Waals surface area contributed by atoms with Gasteiger partial charge in [-0.3, -0.25) is 14.5 Å². The second kappa shape index (κ2) is 17.3. The van der Waals surface area contributed by atoms with Crippen LogP contribution in [0.3, 0.4) is 0 Å². The highest BCUT2D eigenvalue weighted by Gasteiger charge is 2.44. The van der Waals surface area contributed by atoms with E-state index in [9.17, 15) is 24.4 Å². The fraction of sp³-hybridized carbons (Fsp3) is 0.571. The van der Waals surface area contributed by atoms with E-state index in [1.165, 1.54) is 5.56 Å². The van der Waals surface area contributed by atoms with Crippen LogP contribution in [0.1, 0.15) is 92.0 Å². The van der Waals surface area contributed by atoms with E-state index in [1.807, 2.05) is 24.3 Å². The van der Waals surface area contributed by atoms with Crippen LogP contribution >= 0.6 is 12.4 Å². The van der Waals surface area contributed by atoms with Gasteiger partial charge in [0, 0.05) is 26.1 Å². The average molecular weight is 669 g/mol. The van der Waals surface area contributed by atoms with Gasteiger partial charge in [0.25, 0.3) is 0 Å². The lowest BCUT2D eigenvalue weighted by atomic mass is 9.76. The van der Waals surface area contributed by atoms with E-state index in [-0.39, 0.29) is 31.3 Å². The predicted octanol–water partition coefficient (Wildman–Crippen LogP) is 4.33. The Labute approximate surface area is 285 Å². The van der Waals surface area contributed by atoms with Crippen molar-refractivity contribution in [1.29, 1.82) is 0 Å². The van der Waals surface area contributed by atoms with Crippen molar-refractivity contribution >= 4 is 37.4 Å². The molecule has 0 saturated carbocycles. The first-order valence-corrected chi connectivity index (χ1v) is 17.0. The Morgan fingerprint density at radius 3 is 2.23 bits per heavy atom. The fourth-order valence-corrected chi connectivity index (χ4v) is 7.02. The second-order valence-corrected chi connectivity index (χ2v) is 13.3. The molecule has 2 fully saturated rings. The average Bonchev–Trinajstić information content (AvgIpc) is 3.66. The number of nitrogens with zero attached hydrogens (tertiary/aromatic N) is 2. The molecule has 0 radical (unpaired) electrons. The maximum absolute atomic E-state index is 14.3. The van der Waals surface area contributed by atoms with Gasteiger partial charge in [0.05, 0.1) is 18.5 Å². The molecular weight excluding hydrogens is 619 g/mol. The molecule has 2 saturated heterocycles. The van der Waals surface area contributed by atoms with Gasteiger partial charge in [0.1, 0.15) is 12.1 Å². The Morgan fingerprint density at radius 2 is 1.60 bits per heavy atom. The van der Waals surface area contributed by atoms with E-state index in [0.717, 1.165) is 67.2 Å². The topological polar surface area (TPSA) is 131 Å². The third kappa shape index (κ3) is 9.72. The third-order valence-electron chi connectivity index (χ3n) is 9.75. The van der Waals surface area contributed by atoms with Gasteiger partial charge in [-0.25, -0.2) is 4.79 Å². The molecule has 3 aliphatic heterocycles. The number of aryl methyl sites for hydroxylation is 2. The summed E-state index contributed by atoms with van der Waals surface area (Å²) in [6, 6.07) is 12.7. The molecule has 1 unspecified atom stereocenters.